The molecule has 17 heavy (non-hydrogen) atoms. The van der Waals surface area contributed by atoms with Crippen LogP contribution in [0, 0.1) is 0 Å². The lowest BCUT2D eigenvalue weighted by atomic mass is 10.2. The number of aliphatic hydroxyl groups excluding tert-OH is 1. The highest BCUT2D eigenvalue weighted by atomic mass is 16.3. The molecule has 0 spiro atoms. The van der Waals surface area contributed by atoms with Crippen molar-refractivity contribution in [3.8, 4) is 0 Å². The first-order valence-electron chi connectivity index (χ1n) is 5.68. The van der Waals surface area contributed by atoms with Gasteiger partial charge in [-0.15, -0.1) is 0 Å². The molecule has 1 fully saturated rings. The van der Waals surface area contributed by atoms with Gasteiger partial charge in [-0.2, -0.15) is 0 Å². The lowest BCUT2D eigenvalue weighted by Gasteiger charge is -2.22. The minimum Gasteiger partial charge on any atom is -0.394 e. The fourth-order valence-electron chi connectivity index (χ4n) is 2.01. The maximum absolute atomic E-state index is 12.1. The Morgan fingerprint density at radius 1 is 1.59 bits per heavy atom. The van der Waals surface area contributed by atoms with E-state index in [4.69, 9.17) is 0 Å². The molecule has 1 aromatic rings. The van der Waals surface area contributed by atoms with Crippen molar-refractivity contribution >= 4 is 11.7 Å². The summed E-state index contributed by atoms with van der Waals surface area (Å²) in [5.74, 6) is 0.471. The number of amides is 1. The molecule has 1 aliphatic rings. The van der Waals surface area contributed by atoms with Gasteiger partial charge in [0.15, 0.2) is 0 Å². The molecule has 2 rings (SSSR count). The molecule has 2 N–H and O–H groups in total. The summed E-state index contributed by atoms with van der Waals surface area (Å²) < 4.78 is 0. The first-order chi connectivity index (χ1) is 8.26. The molecule has 2 heterocycles. The minimum atomic E-state index is -0.156. The lowest BCUT2D eigenvalue weighted by molar-refractivity contribution is 0.0671. The standard InChI is InChI=1S/C11H16N4O2/c1-12-10-6-13-9(5-14-10)11(17)15-4-2-3-8(15)7-16/h5-6,8,16H,2-4,7H2,1H3,(H,12,14). The van der Waals surface area contributed by atoms with Crippen LogP contribution in [0.5, 0.6) is 0 Å². The Hall–Kier alpha value is -1.69. The Morgan fingerprint density at radius 3 is 3.00 bits per heavy atom. The van der Waals surface area contributed by atoms with E-state index in [0.29, 0.717) is 18.1 Å². The maximum Gasteiger partial charge on any atom is 0.274 e. The van der Waals surface area contributed by atoms with Gasteiger partial charge in [-0.05, 0) is 12.8 Å². The predicted molar refractivity (Wildman–Crippen MR) is 62.7 cm³/mol. The van der Waals surface area contributed by atoms with E-state index in [9.17, 15) is 9.90 Å². The van der Waals surface area contributed by atoms with Crippen molar-refractivity contribution in [3.05, 3.63) is 18.1 Å². The van der Waals surface area contributed by atoms with Gasteiger partial charge in [0.05, 0.1) is 25.0 Å². The average Bonchev–Trinajstić information content (AvgIpc) is 2.86. The molecule has 0 aliphatic carbocycles. The molecule has 0 saturated carbocycles. The second-order valence-corrected chi connectivity index (χ2v) is 4.01. The highest BCUT2D eigenvalue weighted by Gasteiger charge is 2.29. The molecule has 1 saturated heterocycles. The van der Waals surface area contributed by atoms with E-state index in [1.54, 1.807) is 11.9 Å². The monoisotopic (exact) mass is 236 g/mol. The largest absolute Gasteiger partial charge is 0.394 e. The molecule has 1 aromatic heterocycles. The molecule has 1 amide bonds. The Kier molecular flexibility index (Phi) is 3.53. The summed E-state index contributed by atoms with van der Waals surface area (Å²) >= 11 is 0. The molecule has 1 aliphatic heterocycles. The molecule has 0 bridgehead atoms. The number of nitrogens with zero attached hydrogens (tertiary/aromatic N) is 3. The van der Waals surface area contributed by atoms with Crippen molar-refractivity contribution in [2.24, 2.45) is 0 Å². The molecule has 6 heteroatoms. The first-order valence-corrected chi connectivity index (χ1v) is 5.68. The van der Waals surface area contributed by atoms with Gasteiger partial charge in [0.2, 0.25) is 0 Å². The second-order valence-electron chi connectivity index (χ2n) is 4.01. The third-order valence-electron chi connectivity index (χ3n) is 2.98. The van der Waals surface area contributed by atoms with Gasteiger partial charge in [0, 0.05) is 13.6 Å². The summed E-state index contributed by atoms with van der Waals surface area (Å²) in [5.41, 5.74) is 0.323. The maximum atomic E-state index is 12.1. The van der Waals surface area contributed by atoms with Crippen molar-refractivity contribution < 1.29 is 9.90 Å². The van der Waals surface area contributed by atoms with Crippen LogP contribution < -0.4 is 5.32 Å². The third-order valence-corrected chi connectivity index (χ3v) is 2.98. The lowest BCUT2D eigenvalue weighted by Crippen LogP contribution is -2.38. The molecule has 0 aromatic carbocycles. The van der Waals surface area contributed by atoms with E-state index in [1.165, 1.54) is 12.4 Å². The van der Waals surface area contributed by atoms with Crippen molar-refractivity contribution in [2.75, 3.05) is 25.5 Å². The first kappa shape index (κ1) is 11.8. The molecule has 1 atom stereocenters. The Morgan fingerprint density at radius 2 is 2.41 bits per heavy atom. The number of hydrogen-bond acceptors (Lipinski definition) is 5. The third kappa shape index (κ3) is 2.36. The number of aliphatic hydroxyl groups is 1. The molecule has 6 nitrogen and oxygen atoms in total. The van der Waals surface area contributed by atoms with Crippen molar-refractivity contribution in [1.29, 1.82) is 0 Å². The zero-order valence-electron chi connectivity index (χ0n) is 9.76. The fraction of sp³-hybridized carbons (Fsp3) is 0.545. The van der Waals surface area contributed by atoms with Crippen LogP contribution >= 0.6 is 0 Å². The number of carbonyl (C=O) groups is 1. The summed E-state index contributed by atoms with van der Waals surface area (Å²) in [4.78, 5) is 21.9. The molecular weight excluding hydrogens is 220 g/mol. The smallest absolute Gasteiger partial charge is 0.274 e. The van der Waals surface area contributed by atoms with Crippen LogP contribution in [-0.4, -0.2) is 52.1 Å². The number of nitrogens with one attached hydrogen (secondary N) is 1. The minimum absolute atomic E-state index is 0.00771. The summed E-state index contributed by atoms with van der Waals surface area (Å²) in [7, 11) is 1.74. The van der Waals surface area contributed by atoms with Crippen LogP contribution in [0.15, 0.2) is 12.4 Å². The van der Waals surface area contributed by atoms with E-state index in [-0.39, 0.29) is 18.6 Å². The van der Waals surface area contributed by atoms with Crippen LogP contribution in [0.3, 0.4) is 0 Å². The van der Waals surface area contributed by atoms with Crippen LogP contribution in [0.2, 0.25) is 0 Å². The molecule has 1 unspecified atom stereocenters. The molecule has 92 valence electrons. The van der Waals surface area contributed by atoms with E-state index in [1.807, 2.05) is 0 Å². The number of carbonyl (C=O) groups excluding carboxylic acids is 1. The van der Waals surface area contributed by atoms with Crippen molar-refractivity contribution in [1.82, 2.24) is 14.9 Å². The van der Waals surface area contributed by atoms with E-state index >= 15 is 0 Å². The van der Waals surface area contributed by atoms with E-state index < -0.39 is 0 Å². The highest BCUT2D eigenvalue weighted by molar-refractivity contribution is 5.92. The van der Waals surface area contributed by atoms with Gasteiger partial charge in [0.25, 0.3) is 5.91 Å². The molecule has 0 radical (unpaired) electrons. The number of hydrogen-bond donors (Lipinski definition) is 2. The normalized spacial score (nSPS) is 19.4. The van der Waals surface area contributed by atoms with Crippen LogP contribution in [0.25, 0.3) is 0 Å². The summed E-state index contributed by atoms with van der Waals surface area (Å²) in [6.07, 6.45) is 4.77. The summed E-state index contributed by atoms with van der Waals surface area (Å²) in [6, 6.07) is -0.0757. The SMILES string of the molecule is CNc1cnc(C(=O)N2CCCC2CO)cn1. The summed E-state index contributed by atoms with van der Waals surface area (Å²) in [6.45, 7) is 0.688. The van der Waals surface area contributed by atoms with Gasteiger partial charge < -0.3 is 15.3 Å². The number of rotatable bonds is 3. The van der Waals surface area contributed by atoms with Crippen LogP contribution in [-0.2, 0) is 0 Å². The van der Waals surface area contributed by atoms with Gasteiger partial charge in [-0.25, -0.2) is 9.97 Å². The van der Waals surface area contributed by atoms with Gasteiger partial charge in [0.1, 0.15) is 11.5 Å². The second kappa shape index (κ2) is 5.09. The number of aromatic nitrogens is 2. The van der Waals surface area contributed by atoms with Gasteiger partial charge >= 0.3 is 0 Å². The zero-order valence-corrected chi connectivity index (χ0v) is 9.76. The summed E-state index contributed by atoms with van der Waals surface area (Å²) in [5, 5.41) is 12.0. The Labute approximate surface area is 99.7 Å². The van der Waals surface area contributed by atoms with Crippen LogP contribution in [0.4, 0.5) is 5.82 Å². The number of likely N-dealkylation sites (tertiary alicyclic amines) is 1. The predicted octanol–water partition coefficient (Wildman–Crippen LogP) is 0.115. The van der Waals surface area contributed by atoms with E-state index in [0.717, 1.165) is 12.8 Å². The van der Waals surface area contributed by atoms with Crippen molar-refractivity contribution in [3.63, 3.8) is 0 Å². The fourth-order valence-corrected chi connectivity index (χ4v) is 2.01. The van der Waals surface area contributed by atoms with Crippen LogP contribution in [0.1, 0.15) is 23.3 Å². The zero-order chi connectivity index (χ0) is 12.3. The molecular formula is C11H16N4O2. The Bertz CT molecular complexity index is 393. The van der Waals surface area contributed by atoms with E-state index in [2.05, 4.69) is 15.3 Å². The Balaban J connectivity index is 2.13. The average molecular weight is 236 g/mol. The highest BCUT2D eigenvalue weighted by Crippen LogP contribution is 2.18. The topological polar surface area (TPSA) is 78.4 Å². The van der Waals surface area contributed by atoms with Gasteiger partial charge in [-0.1, -0.05) is 0 Å². The quantitative estimate of drug-likeness (QED) is 0.779. The van der Waals surface area contributed by atoms with Gasteiger partial charge in [-0.3, -0.25) is 4.79 Å². The number of anilines is 1. The van der Waals surface area contributed by atoms with Crippen molar-refractivity contribution in [2.45, 2.75) is 18.9 Å².